The van der Waals surface area contributed by atoms with Crippen molar-refractivity contribution in [3.63, 3.8) is 0 Å². The van der Waals surface area contributed by atoms with Crippen molar-refractivity contribution in [1.82, 2.24) is 0 Å². The van der Waals surface area contributed by atoms with Gasteiger partial charge in [0.25, 0.3) is 0 Å². The van der Waals surface area contributed by atoms with Gasteiger partial charge in [-0.25, -0.2) is 33.0 Å². The zero-order valence-electron chi connectivity index (χ0n) is 8.59. The second-order valence-corrected chi connectivity index (χ2v) is 3.70. The molecule has 0 spiro atoms. The summed E-state index contributed by atoms with van der Waals surface area (Å²) in [5.74, 6) is -2.89. The van der Waals surface area contributed by atoms with Crippen molar-refractivity contribution in [2.24, 2.45) is 0 Å². The van der Waals surface area contributed by atoms with Crippen molar-refractivity contribution in [2.75, 3.05) is 0 Å². The molecule has 0 bridgehead atoms. The van der Waals surface area contributed by atoms with Crippen LogP contribution in [-0.2, 0) is 17.1 Å². The molecule has 3 rings (SSSR count). The number of hydrogen-bond donors (Lipinski definition) is 0. The van der Waals surface area contributed by atoms with Gasteiger partial charge in [0.15, 0.2) is 0 Å². The van der Waals surface area contributed by atoms with Gasteiger partial charge in [0, 0.05) is 12.3 Å². The molecule has 16 heavy (non-hydrogen) atoms. The molecule has 1 unspecified atom stereocenters. The van der Waals surface area contributed by atoms with E-state index < -0.39 is 11.8 Å². The summed E-state index contributed by atoms with van der Waals surface area (Å²) in [5.41, 5.74) is 0.782. The molecule has 2 aromatic rings. The van der Waals surface area contributed by atoms with E-state index in [-0.39, 0.29) is 23.5 Å². The molecule has 1 fully saturated rings. The second-order valence-electron chi connectivity index (χ2n) is 3.70. The molecule has 1 aliphatic carbocycles. The predicted molar refractivity (Wildman–Crippen MR) is 56.4 cm³/mol. The van der Waals surface area contributed by atoms with Crippen LogP contribution >= 0.6 is 0 Å². The Morgan fingerprint density at radius 3 is 1.88 bits per heavy atom. The van der Waals surface area contributed by atoms with Crippen LogP contribution < -0.4 is 0 Å². The van der Waals surface area contributed by atoms with Crippen LogP contribution in [0.1, 0.15) is 17.9 Å². The molecule has 0 heterocycles. The van der Waals surface area contributed by atoms with Gasteiger partial charge in [-0.15, -0.1) is 5.56 Å². The molecule has 1 saturated carbocycles. The molecule has 0 aromatic heterocycles. The van der Waals surface area contributed by atoms with E-state index in [9.17, 15) is 8.78 Å². The molecule has 0 aliphatic heterocycles. The van der Waals surface area contributed by atoms with Crippen LogP contribution in [0.2, 0.25) is 0 Å². The maximum Gasteiger partial charge on any atom is 2.00 e. The fourth-order valence-electron chi connectivity index (χ4n) is 1.52. The van der Waals surface area contributed by atoms with Crippen molar-refractivity contribution in [2.45, 2.75) is 18.3 Å². The summed E-state index contributed by atoms with van der Waals surface area (Å²) in [6, 6.07) is 17.1. The molecule has 0 saturated heterocycles. The summed E-state index contributed by atoms with van der Waals surface area (Å²) in [7, 11) is 0. The van der Waals surface area contributed by atoms with E-state index in [1.54, 1.807) is 24.3 Å². The minimum absolute atomic E-state index is 0. The van der Waals surface area contributed by atoms with Crippen molar-refractivity contribution >= 4 is 0 Å². The first-order valence-corrected chi connectivity index (χ1v) is 4.96. The summed E-state index contributed by atoms with van der Waals surface area (Å²) in [6.45, 7) is 0. The summed E-state index contributed by atoms with van der Waals surface area (Å²) in [6.07, 6.45) is 0.0387. The smallest absolute Gasteiger partial charge is 0.214 e. The first-order chi connectivity index (χ1) is 7.20. The fourth-order valence-corrected chi connectivity index (χ4v) is 1.52. The zero-order chi connectivity index (χ0) is 10.7. The molecule has 0 radical (unpaired) electrons. The Morgan fingerprint density at radius 2 is 1.56 bits per heavy atom. The van der Waals surface area contributed by atoms with Gasteiger partial charge in [0.05, 0.1) is 0 Å². The fraction of sp³-hybridized carbons (Fsp3) is 0.231. The quantitative estimate of drug-likeness (QED) is 0.539. The van der Waals surface area contributed by atoms with Crippen LogP contribution in [-0.4, -0.2) is 5.92 Å². The summed E-state index contributed by atoms with van der Waals surface area (Å²) < 4.78 is 24.7. The van der Waals surface area contributed by atoms with Gasteiger partial charge >= 0.3 is 17.1 Å². The van der Waals surface area contributed by atoms with Crippen molar-refractivity contribution < 1.29 is 25.8 Å². The number of rotatable bonds is 1. The molecule has 86 valence electrons. The molecule has 0 nitrogen and oxygen atoms in total. The van der Waals surface area contributed by atoms with Crippen LogP contribution in [0.3, 0.4) is 0 Å². The van der Waals surface area contributed by atoms with E-state index in [0.717, 1.165) is 5.56 Å². The Morgan fingerprint density at radius 1 is 1.06 bits per heavy atom. The summed E-state index contributed by atoms with van der Waals surface area (Å²) >= 11 is 0. The second kappa shape index (κ2) is 5.42. The number of alkyl halides is 2. The maximum atomic E-state index is 12.4. The minimum atomic E-state index is -2.41. The Labute approximate surface area is 104 Å². The third-order valence-corrected chi connectivity index (χ3v) is 2.47. The molecular formula is C13H12F2Fe. The number of halogens is 2. The van der Waals surface area contributed by atoms with Crippen LogP contribution in [0, 0.1) is 0 Å². The van der Waals surface area contributed by atoms with E-state index in [1.165, 1.54) is 0 Å². The number of hydrogen-bond acceptors (Lipinski definition) is 0. The summed E-state index contributed by atoms with van der Waals surface area (Å²) in [5, 5.41) is 0. The van der Waals surface area contributed by atoms with E-state index in [2.05, 4.69) is 0 Å². The van der Waals surface area contributed by atoms with E-state index in [4.69, 9.17) is 0 Å². The molecule has 2 aromatic carbocycles. The largest absolute Gasteiger partial charge is 2.00 e. The normalized spacial score (nSPS) is 20.2. The maximum absolute atomic E-state index is 12.4. The third-order valence-electron chi connectivity index (χ3n) is 2.47. The molecule has 1 atom stereocenters. The van der Waals surface area contributed by atoms with Crippen LogP contribution in [0.4, 0.5) is 8.78 Å². The van der Waals surface area contributed by atoms with Gasteiger partial charge in [-0.3, -0.25) is 0 Å². The van der Waals surface area contributed by atoms with Gasteiger partial charge in [0.1, 0.15) is 0 Å². The van der Waals surface area contributed by atoms with E-state index >= 15 is 0 Å². The van der Waals surface area contributed by atoms with E-state index in [1.807, 2.05) is 30.3 Å². The Bertz CT molecular complexity index is 359. The average molecular weight is 262 g/mol. The zero-order valence-corrected chi connectivity index (χ0v) is 9.69. The minimum Gasteiger partial charge on any atom is -0.214 e. The van der Waals surface area contributed by atoms with Gasteiger partial charge < -0.3 is 0 Å². The molecule has 3 heteroatoms. The van der Waals surface area contributed by atoms with Gasteiger partial charge in [-0.2, -0.15) is 30.3 Å². The molecule has 0 amide bonds. The van der Waals surface area contributed by atoms with E-state index in [0.29, 0.717) is 0 Å². The molecule has 1 aliphatic rings. The predicted octanol–water partition coefficient (Wildman–Crippen LogP) is 3.93. The van der Waals surface area contributed by atoms with Crippen LogP contribution in [0.25, 0.3) is 0 Å². The van der Waals surface area contributed by atoms with Crippen LogP contribution in [0.15, 0.2) is 54.6 Å². The standard InChI is InChI=1S/C8H7F2.C5H5.Fe/c9-8(10)5-7(8)6-3-1-2-4-6;1-2-4-5-3-1;/h1-4,7H,5H2;1-5H;/q2*-1;+2. The Balaban J connectivity index is 0.000000183. The topological polar surface area (TPSA) is 0 Å². The molecule has 0 N–H and O–H groups in total. The monoisotopic (exact) mass is 262 g/mol. The van der Waals surface area contributed by atoms with Gasteiger partial charge in [-0.05, 0) is 0 Å². The van der Waals surface area contributed by atoms with Gasteiger partial charge in [-0.1, -0.05) is 0 Å². The Hall–Kier alpha value is -0.921. The molecular weight excluding hydrogens is 250 g/mol. The first-order valence-electron chi connectivity index (χ1n) is 4.96. The average Bonchev–Trinajstić information content (AvgIpc) is 2.83. The van der Waals surface area contributed by atoms with Gasteiger partial charge in [0.2, 0.25) is 5.92 Å². The van der Waals surface area contributed by atoms with Crippen LogP contribution in [0.5, 0.6) is 0 Å². The van der Waals surface area contributed by atoms with Crippen molar-refractivity contribution in [3.05, 3.63) is 60.2 Å². The SMILES string of the molecule is FC1(F)CC1[c-]1cccc1.[Fe+2].c1cc[cH-]c1. The first kappa shape index (κ1) is 13.1. The Kier molecular flexibility index (Phi) is 4.45. The van der Waals surface area contributed by atoms with Crippen molar-refractivity contribution in [1.29, 1.82) is 0 Å². The third kappa shape index (κ3) is 3.29. The van der Waals surface area contributed by atoms with Crippen molar-refractivity contribution in [3.8, 4) is 0 Å². The summed E-state index contributed by atoms with van der Waals surface area (Å²) in [4.78, 5) is 0.